The molecule has 1 aliphatic heterocycles. The SMILES string of the molecule is CC1=C(c2ccc(OC(=O)[C@@H](C)C(C)C)cc2)C(=O)n2nc(-c3ccccc3)c(C3=CCCCC3)c2C1. The first-order valence-corrected chi connectivity index (χ1v) is 13.3. The Morgan fingerprint density at radius 1 is 0.973 bits per heavy atom. The van der Waals surface area contributed by atoms with Crippen LogP contribution in [0.15, 0.2) is 66.2 Å². The molecule has 1 aliphatic carbocycles. The van der Waals surface area contributed by atoms with Crippen LogP contribution in [0.4, 0.5) is 0 Å². The Labute approximate surface area is 218 Å². The number of benzene rings is 2. The third-order valence-electron chi connectivity index (χ3n) is 7.64. The lowest BCUT2D eigenvalue weighted by atomic mass is 9.87. The molecule has 2 aliphatic rings. The van der Waals surface area contributed by atoms with Gasteiger partial charge < -0.3 is 4.74 Å². The monoisotopic (exact) mass is 494 g/mol. The summed E-state index contributed by atoms with van der Waals surface area (Å²) in [6, 6.07) is 17.4. The second kappa shape index (κ2) is 10.3. The molecule has 1 aromatic heterocycles. The molecule has 0 spiro atoms. The van der Waals surface area contributed by atoms with E-state index in [4.69, 9.17) is 9.84 Å². The second-order valence-electron chi connectivity index (χ2n) is 10.5. The molecular formula is C32H34N2O3. The van der Waals surface area contributed by atoms with Crippen molar-refractivity contribution in [3.8, 4) is 17.0 Å². The molecule has 2 aromatic carbocycles. The molecular weight excluding hydrogens is 460 g/mol. The quantitative estimate of drug-likeness (QED) is 0.265. The van der Waals surface area contributed by atoms with Gasteiger partial charge in [-0.3, -0.25) is 9.59 Å². The fourth-order valence-corrected chi connectivity index (χ4v) is 5.15. The Morgan fingerprint density at radius 3 is 2.35 bits per heavy atom. The molecule has 1 atom stereocenters. The normalized spacial score (nSPS) is 16.5. The van der Waals surface area contributed by atoms with Crippen LogP contribution in [-0.4, -0.2) is 21.7 Å². The number of nitrogens with zero attached hydrogens (tertiary/aromatic N) is 2. The summed E-state index contributed by atoms with van der Waals surface area (Å²) in [5, 5.41) is 4.90. The summed E-state index contributed by atoms with van der Waals surface area (Å²) in [6.45, 7) is 7.91. The molecule has 0 unspecified atom stereocenters. The third kappa shape index (κ3) is 4.83. The van der Waals surface area contributed by atoms with Crippen molar-refractivity contribution in [1.29, 1.82) is 0 Å². The Kier molecular flexibility index (Phi) is 6.96. The topological polar surface area (TPSA) is 61.2 Å². The van der Waals surface area contributed by atoms with Crippen LogP contribution in [0.5, 0.6) is 5.75 Å². The zero-order chi connectivity index (χ0) is 26.1. The van der Waals surface area contributed by atoms with Crippen molar-refractivity contribution < 1.29 is 14.3 Å². The molecule has 5 nitrogen and oxygen atoms in total. The first-order valence-electron chi connectivity index (χ1n) is 13.3. The van der Waals surface area contributed by atoms with Crippen molar-refractivity contribution in [2.24, 2.45) is 11.8 Å². The summed E-state index contributed by atoms with van der Waals surface area (Å²) in [7, 11) is 0. The number of aromatic nitrogens is 2. The maximum atomic E-state index is 13.9. The van der Waals surface area contributed by atoms with E-state index in [9.17, 15) is 9.59 Å². The molecule has 190 valence electrons. The molecule has 0 saturated carbocycles. The third-order valence-corrected chi connectivity index (χ3v) is 7.64. The predicted octanol–water partition coefficient (Wildman–Crippen LogP) is 7.38. The number of rotatable bonds is 6. The largest absolute Gasteiger partial charge is 0.426 e. The van der Waals surface area contributed by atoms with Crippen molar-refractivity contribution in [1.82, 2.24) is 9.78 Å². The fraction of sp³-hybridized carbons (Fsp3) is 0.344. The minimum absolute atomic E-state index is 0.114. The molecule has 0 N–H and O–H groups in total. The highest BCUT2D eigenvalue weighted by atomic mass is 16.5. The average molecular weight is 495 g/mol. The van der Waals surface area contributed by atoms with Gasteiger partial charge in [-0.2, -0.15) is 9.78 Å². The smallest absolute Gasteiger partial charge is 0.314 e. The van der Waals surface area contributed by atoms with E-state index in [-0.39, 0.29) is 23.7 Å². The number of carbonyl (C=O) groups excluding carboxylic acids is 2. The average Bonchev–Trinajstić information content (AvgIpc) is 3.29. The summed E-state index contributed by atoms with van der Waals surface area (Å²) >= 11 is 0. The number of hydrogen-bond donors (Lipinski definition) is 0. The van der Waals surface area contributed by atoms with Gasteiger partial charge in [0, 0.05) is 23.1 Å². The highest BCUT2D eigenvalue weighted by Gasteiger charge is 2.32. The van der Waals surface area contributed by atoms with Crippen LogP contribution in [0, 0.1) is 11.8 Å². The summed E-state index contributed by atoms with van der Waals surface area (Å²) in [5.41, 5.74) is 7.80. The van der Waals surface area contributed by atoms with Crippen LogP contribution in [0.1, 0.15) is 75.0 Å². The Hall–Kier alpha value is -3.73. The standard InChI is InChI=1S/C32H34N2O3/c1-20(2)22(4)32(36)37-26-17-15-24(16-18-26)28-21(3)19-27-29(23-11-7-5-8-12-23)30(33-34(27)31(28)35)25-13-9-6-10-14-25/h6,9-11,13-18,20,22H,5,7-8,12,19H2,1-4H3/t22-/m0/s1. The van der Waals surface area contributed by atoms with Crippen LogP contribution in [0.3, 0.4) is 0 Å². The molecule has 0 fully saturated rings. The van der Waals surface area contributed by atoms with Crippen molar-refractivity contribution >= 4 is 23.0 Å². The van der Waals surface area contributed by atoms with Crippen molar-refractivity contribution in [3.63, 3.8) is 0 Å². The van der Waals surface area contributed by atoms with E-state index in [1.165, 1.54) is 12.0 Å². The number of ether oxygens (including phenoxy) is 1. The molecule has 5 heteroatoms. The minimum Gasteiger partial charge on any atom is -0.426 e. The first kappa shape index (κ1) is 24.9. The van der Waals surface area contributed by atoms with Gasteiger partial charge in [-0.25, -0.2) is 0 Å². The predicted molar refractivity (Wildman–Crippen MR) is 147 cm³/mol. The molecule has 2 heterocycles. The van der Waals surface area contributed by atoms with E-state index in [0.717, 1.165) is 52.9 Å². The van der Waals surface area contributed by atoms with Gasteiger partial charge in [0.25, 0.3) is 5.91 Å². The number of carbonyl (C=O) groups is 2. The van der Waals surface area contributed by atoms with Crippen LogP contribution in [-0.2, 0) is 11.2 Å². The molecule has 0 bridgehead atoms. The lowest BCUT2D eigenvalue weighted by Crippen LogP contribution is -2.24. The summed E-state index contributed by atoms with van der Waals surface area (Å²) in [5.74, 6) is 0.149. The van der Waals surface area contributed by atoms with Crippen molar-refractivity contribution in [2.75, 3.05) is 0 Å². The molecule has 0 radical (unpaired) electrons. The minimum atomic E-state index is -0.244. The van der Waals surface area contributed by atoms with Crippen LogP contribution in [0.2, 0.25) is 0 Å². The highest BCUT2D eigenvalue weighted by molar-refractivity contribution is 6.22. The Morgan fingerprint density at radius 2 is 1.70 bits per heavy atom. The lowest BCUT2D eigenvalue weighted by Gasteiger charge is -2.21. The number of fused-ring (bicyclic) bond motifs is 1. The van der Waals surface area contributed by atoms with Gasteiger partial charge in [0.05, 0.1) is 11.6 Å². The van der Waals surface area contributed by atoms with Crippen molar-refractivity contribution in [3.05, 3.63) is 83.1 Å². The van der Waals surface area contributed by atoms with E-state index in [1.807, 2.05) is 58.0 Å². The van der Waals surface area contributed by atoms with Gasteiger partial charge in [-0.1, -0.05) is 74.9 Å². The zero-order valence-corrected chi connectivity index (χ0v) is 22.1. The van der Waals surface area contributed by atoms with Gasteiger partial charge in [0.15, 0.2) is 0 Å². The summed E-state index contributed by atoms with van der Waals surface area (Å²) in [6.07, 6.45) is 7.43. The van der Waals surface area contributed by atoms with E-state index in [2.05, 4.69) is 18.2 Å². The van der Waals surface area contributed by atoms with E-state index >= 15 is 0 Å². The van der Waals surface area contributed by atoms with Crippen LogP contribution in [0.25, 0.3) is 22.4 Å². The molecule has 5 rings (SSSR count). The Bertz CT molecular complexity index is 1390. The molecule has 0 amide bonds. The van der Waals surface area contributed by atoms with E-state index in [1.54, 1.807) is 16.8 Å². The van der Waals surface area contributed by atoms with Gasteiger partial charge in [-0.15, -0.1) is 0 Å². The van der Waals surface area contributed by atoms with Crippen LogP contribution < -0.4 is 4.74 Å². The molecule has 3 aromatic rings. The number of hydrogen-bond acceptors (Lipinski definition) is 4. The second-order valence-corrected chi connectivity index (χ2v) is 10.5. The van der Waals surface area contributed by atoms with Crippen molar-refractivity contribution in [2.45, 2.75) is 59.8 Å². The molecule has 0 saturated heterocycles. The zero-order valence-electron chi connectivity index (χ0n) is 22.1. The number of allylic oxidation sites excluding steroid dienone is 4. The maximum absolute atomic E-state index is 13.9. The summed E-state index contributed by atoms with van der Waals surface area (Å²) < 4.78 is 7.18. The van der Waals surface area contributed by atoms with Gasteiger partial charge in [-0.05, 0) is 61.8 Å². The Balaban J connectivity index is 1.50. The maximum Gasteiger partial charge on any atom is 0.314 e. The van der Waals surface area contributed by atoms with Gasteiger partial charge in [0.2, 0.25) is 0 Å². The highest BCUT2D eigenvalue weighted by Crippen LogP contribution is 2.40. The molecule has 37 heavy (non-hydrogen) atoms. The first-order chi connectivity index (χ1) is 17.8. The van der Waals surface area contributed by atoms with Gasteiger partial charge >= 0.3 is 5.97 Å². The number of esters is 1. The van der Waals surface area contributed by atoms with E-state index < -0.39 is 0 Å². The lowest BCUT2D eigenvalue weighted by molar-refractivity contribution is -0.139. The van der Waals surface area contributed by atoms with E-state index in [0.29, 0.717) is 17.7 Å². The fourth-order valence-electron chi connectivity index (χ4n) is 5.15. The summed E-state index contributed by atoms with van der Waals surface area (Å²) in [4.78, 5) is 26.2. The van der Waals surface area contributed by atoms with Crippen LogP contribution >= 0.6 is 0 Å². The van der Waals surface area contributed by atoms with Gasteiger partial charge in [0.1, 0.15) is 11.4 Å².